The van der Waals surface area contributed by atoms with Gasteiger partial charge in [-0.3, -0.25) is 14.4 Å². The van der Waals surface area contributed by atoms with Gasteiger partial charge in [-0.05, 0) is 54.0 Å². The monoisotopic (exact) mass is 462 g/mol. The Hall–Kier alpha value is -3.90. The zero-order valence-electron chi connectivity index (χ0n) is 19.3. The zero-order valence-corrected chi connectivity index (χ0v) is 19.3. The maximum Gasteiger partial charge on any atom is 0.251 e. The van der Waals surface area contributed by atoms with Crippen LogP contribution < -0.4 is 16.0 Å². The van der Waals surface area contributed by atoms with Gasteiger partial charge < -0.3 is 20.5 Å². The summed E-state index contributed by atoms with van der Waals surface area (Å²) in [6.45, 7) is 4.55. The van der Waals surface area contributed by atoms with E-state index in [4.69, 9.17) is 14.9 Å². The highest BCUT2D eigenvalue weighted by molar-refractivity contribution is 5.94. The van der Waals surface area contributed by atoms with Gasteiger partial charge in [0, 0.05) is 43.6 Å². The van der Waals surface area contributed by atoms with Gasteiger partial charge in [0.1, 0.15) is 13.1 Å². The Morgan fingerprint density at radius 1 is 1.29 bits per heavy atom. The molecule has 0 bridgehead atoms. The van der Waals surface area contributed by atoms with Crippen LogP contribution in [0.1, 0.15) is 41.3 Å². The summed E-state index contributed by atoms with van der Waals surface area (Å²) in [5.74, 6) is 6.60. The molecule has 2 aromatic heterocycles. The molecule has 3 heterocycles. The van der Waals surface area contributed by atoms with E-state index < -0.39 is 0 Å². The van der Waals surface area contributed by atoms with Crippen LogP contribution in [0.2, 0.25) is 0 Å². The summed E-state index contributed by atoms with van der Waals surface area (Å²) in [5.41, 5.74) is 8.52. The van der Waals surface area contributed by atoms with Crippen molar-refractivity contribution in [2.45, 2.75) is 45.4 Å². The molecule has 1 aliphatic rings. The number of amides is 1. The highest BCUT2D eigenvalue weighted by atomic mass is 16.8. The molecule has 1 saturated heterocycles. The number of rotatable bonds is 7. The van der Waals surface area contributed by atoms with Crippen molar-refractivity contribution < 1.29 is 13.9 Å². The van der Waals surface area contributed by atoms with Crippen molar-refractivity contribution in [1.29, 1.82) is 0 Å². The Labute approximate surface area is 198 Å². The fourth-order valence-corrected chi connectivity index (χ4v) is 3.86. The number of nitrogens with two attached hydrogens (primary N) is 1. The Morgan fingerprint density at radius 2 is 2.18 bits per heavy atom. The molecule has 1 aliphatic heterocycles. The van der Waals surface area contributed by atoms with Gasteiger partial charge in [-0.25, -0.2) is 0 Å². The second-order valence-corrected chi connectivity index (χ2v) is 8.21. The number of carbonyl (C=O) groups excluding carboxylic acids is 1. The molecule has 3 aromatic rings. The van der Waals surface area contributed by atoms with Gasteiger partial charge in [-0.1, -0.05) is 24.1 Å². The summed E-state index contributed by atoms with van der Waals surface area (Å²) in [4.78, 5) is 20.2. The largest absolute Gasteiger partial charge is 0.352 e. The van der Waals surface area contributed by atoms with Crippen molar-refractivity contribution in [3.63, 3.8) is 0 Å². The van der Waals surface area contributed by atoms with E-state index in [0.29, 0.717) is 25.2 Å². The third-order valence-electron chi connectivity index (χ3n) is 5.58. The first kappa shape index (κ1) is 23.3. The van der Waals surface area contributed by atoms with Crippen LogP contribution in [0, 0.1) is 11.8 Å². The minimum Gasteiger partial charge on any atom is -0.352 e. The molecule has 9 nitrogen and oxygen atoms in total. The predicted molar refractivity (Wildman–Crippen MR) is 128 cm³/mol. The lowest BCUT2D eigenvalue weighted by atomic mass is 10.1. The number of hydrogen-bond acceptors (Lipinski definition) is 6. The Bertz CT molecular complexity index is 1190. The molecule has 1 fully saturated rings. The molecule has 4 rings (SSSR count). The molecule has 1 atom stereocenters. The molecule has 3 N–H and O–H groups in total. The van der Waals surface area contributed by atoms with Crippen molar-refractivity contribution in [3.05, 3.63) is 71.7 Å². The normalized spacial score (nSPS) is 15.4. The molecule has 1 amide bonds. The maximum absolute atomic E-state index is 12.6. The van der Waals surface area contributed by atoms with Crippen LogP contribution >= 0.6 is 0 Å². The van der Waals surface area contributed by atoms with Crippen LogP contribution in [0.3, 0.4) is 0 Å². The number of pyridine rings is 1. The highest BCUT2D eigenvalue weighted by Crippen LogP contribution is 2.20. The van der Waals surface area contributed by atoms with Crippen LogP contribution in [0.5, 0.6) is 0 Å². The van der Waals surface area contributed by atoms with Gasteiger partial charge in [0.2, 0.25) is 0 Å². The van der Waals surface area contributed by atoms with Crippen molar-refractivity contribution in [3.8, 4) is 11.8 Å². The molecular weight excluding hydrogens is 432 g/mol. The number of carbonyl (C=O) groups is 1. The topological polar surface area (TPSA) is 107 Å². The Balaban J connectivity index is 1.48. The maximum atomic E-state index is 12.6. The lowest BCUT2D eigenvalue weighted by Gasteiger charge is -2.32. The lowest BCUT2D eigenvalue weighted by Crippen LogP contribution is -2.44. The van der Waals surface area contributed by atoms with E-state index >= 15 is 0 Å². The Kier molecular flexibility index (Phi) is 7.73. The fraction of sp³-hybridized carbons (Fsp3) is 0.360. The van der Waals surface area contributed by atoms with Gasteiger partial charge in [0.15, 0.2) is 12.1 Å². The average molecular weight is 463 g/mol. The Morgan fingerprint density at radius 3 is 2.97 bits per heavy atom. The minimum atomic E-state index is -0.158. The number of nitrogens with zero attached hydrogens (tertiary/aromatic N) is 4. The third kappa shape index (κ3) is 6.11. The number of anilines is 1. The van der Waals surface area contributed by atoms with E-state index in [9.17, 15) is 4.79 Å². The van der Waals surface area contributed by atoms with Crippen LogP contribution in [0.4, 0.5) is 5.82 Å². The summed E-state index contributed by atoms with van der Waals surface area (Å²) < 4.78 is 13.5. The van der Waals surface area contributed by atoms with Crippen molar-refractivity contribution in [1.82, 2.24) is 20.0 Å². The second-order valence-electron chi connectivity index (χ2n) is 8.21. The van der Waals surface area contributed by atoms with Gasteiger partial charge in [-0.15, -0.1) is 5.92 Å². The number of nitrogens with one attached hydrogen (secondary N) is 1. The van der Waals surface area contributed by atoms with Crippen molar-refractivity contribution >= 4 is 11.7 Å². The summed E-state index contributed by atoms with van der Waals surface area (Å²) in [5, 5.41) is 2.92. The minimum absolute atomic E-state index is 0.124. The van der Waals surface area contributed by atoms with E-state index in [1.165, 1.54) is 4.91 Å². The van der Waals surface area contributed by atoms with Crippen molar-refractivity contribution in [2.75, 3.05) is 18.0 Å². The second kappa shape index (κ2) is 11.3. The van der Waals surface area contributed by atoms with Gasteiger partial charge in [-0.2, -0.15) is 4.74 Å². The summed E-state index contributed by atoms with van der Waals surface area (Å²) in [6.07, 6.45) is 7.14. The highest BCUT2D eigenvalue weighted by Gasteiger charge is 2.21. The average Bonchev–Trinajstić information content (AvgIpc) is 2.87. The first-order valence-electron chi connectivity index (χ1n) is 11.4. The molecule has 0 saturated carbocycles. The molecule has 178 valence electrons. The molecule has 34 heavy (non-hydrogen) atoms. The first-order valence-corrected chi connectivity index (χ1v) is 11.4. The van der Waals surface area contributed by atoms with E-state index in [0.717, 1.165) is 42.9 Å². The number of benzene rings is 1. The standard InChI is InChI=1S/C25H30N6O3/c1-2-3-13-30-24(29-12-6-10-23(26)18-29)19-33-31(34-30)17-20-7-4-9-22(14-20)25(32)28-16-21-8-5-11-27-15-21/h4-5,7-9,11,14-15,19,23H,6,10,12-13,16-18,26H2,1H3,(H,28,32)/t23-/m1/s1. The quantitative estimate of drug-likeness (QED) is 0.523. The van der Waals surface area contributed by atoms with E-state index in [-0.39, 0.29) is 11.9 Å². The zero-order chi connectivity index (χ0) is 23.8. The molecule has 9 heteroatoms. The molecule has 0 radical (unpaired) electrons. The van der Waals surface area contributed by atoms with Crippen LogP contribution in [0.25, 0.3) is 0 Å². The predicted octanol–water partition coefficient (Wildman–Crippen LogP) is 2.92. The first-order chi connectivity index (χ1) is 16.6. The van der Waals surface area contributed by atoms with Gasteiger partial charge in [0.25, 0.3) is 5.91 Å². The van der Waals surface area contributed by atoms with E-state index in [1.54, 1.807) is 36.4 Å². The number of hydrogen-bond donors (Lipinski definition) is 2. The van der Waals surface area contributed by atoms with Crippen LogP contribution in [0.15, 0.2) is 64.2 Å². The lowest BCUT2D eigenvalue weighted by molar-refractivity contribution is -0.0248. The van der Waals surface area contributed by atoms with E-state index in [2.05, 4.69) is 27.0 Å². The van der Waals surface area contributed by atoms with E-state index in [1.807, 2.05) is 30.3 Å². The summed E-state index contributed by atoms with van der Waals surface area (Å²) in [7, 11) is 0. The van der Waals surface area contributed by atoms with Crippen LogP contribution in [-0.4, -0.2) is 39.7 Å². The van der Waals surface area contributed by atoms with Crippen molar-refractivity contribution in [2.24, 2.45) is 5.73 Å². The van der Waals surface area contributed by atoms with Gasteiger partial charge >= 0.3 is 0 Å². The van der Waals surface area contributed by atoms with Gasteiger partial charge in [0.05, 0.1) is 0 Å². The summed E-state index contributed by atoms with van der Waals surface area (Å²) in [6, 6.07) is 11.3. The number of aromatic nitrogens is 3. The molecular formula is C25H30N6O3. The molecule has 0 unspecified atom stereocenters. The van der Waals surface area contributed by atoms with Crippen LogP contribution in [-0.2, 0) is 19.6 Å². The SMILES string of the molecule is CC#CCn1on(Cc2cccc(C(=O)NCc3cccnc3)c2)occ1N1CCC[C@@H](N)C1. The summed E-state index contributed by atoms with van der Waals surface area (Å²) >= 11 is 0. The smallest absolute Gasteiger partial charge is 0.251 e. The molecule has 0 spiro atoms. The fourth-order valence-electron chi connectivity index (χ4n) is 3.86. The molecule has 1 aromatic carbocycles. The molecule has 0 aliphatic carbocycles. The third-order valence-corrected chi connectivity index (χ3v) is 5.58. The number of piperidine rings is 1.